The molecule has 1 aromatic carbocycles. The maximum Gasteiger partial charge on any atom is 0.346 e. The fourth-order valence-electron chi connectivity index (χ4n) is 2.11. The molecule has 0 radical (unpaired) electrons. The number of hydrogen-bond donors (Lipinski definition) is 2. The summed E-state index contributed by atoms with van der Waals surface area (Å²) in [5, 5.41) is 3.30. The summed E-state index contributed by atoms with van der Waals surface area (Å²) in [5.41, 5.74) is 0.141. The third-order valence-electron chi connectivity index (χ3n) is 3.07. The van der Waals surface area contributed by atoms with Gasteiger partial charge in [0.1, 0.15) is 17.2 Å². The second-order valence-electron chi connectivity index (χ2n) is 4.63. The van der Waals surface area contributed by atoms with Crippen LogP contribution in [0.3, 0.4) is 0 Å². The van der Waals surface area contributed by atoms with Gasteiger partial charge in [0, 0.05) is 5.39 Å². The molecule has 3 rings (SSSR count). The van der Waals surface area contributed by atoms with E-state index in [-0.39, 0.29) is 12.2 Å². The Morgan fingerprint density at radius 1 is 1.29 bits per heavy atom. The van der Waals surface area contributed by atoms with Crippen molar-refractivity contribution in [2.75, 3.05) is 0 Å². The van der Waals surface area contributed by atoms with Crippen LogP contribution in [-0.2, 0) is 6.54 Å². The summed E-state index contributed by atoms with van der Waals surface area (Å²) in [6, 6.07) is 10.7. The molecule has 0 aliphatic carbocycles. The van der Waals surface area contributed by atoms with Crippen LogP contribution in [0.1, 0.15) is 22.0 Å². The van der Waals surface area contributed by atoms with E-state index in [2.05, 4.69) is 15.3 Å². The molecule has 0 aliphatic heterocycles. The lowest BCUT2D eigenvalue weighted by molar-refractivity contribution is 0.0944. The number of furan rings is 1. The fourth-order valence-corrected chi connectivity index (χ4v) is 2.11. The zero-order valence-corrected chi connectivity index (χ0v) is 11.3. The molecule has 6 nitrogen and oxygen atoms in total. The number of benzene rings is 1. The van der Waals surface area contributed by atoms with Crippen molar-refractivity contribution in [3.8, 4) is 0 Å². The highest BCUT2D eigenvalue weighted by Gasteiger charge is 2.13. The fraction of sp³-hybridized carbons (Fsp3) is 0.133. The average molecular weight is 283 g/mol. The van der Waals surface area contributed by atoms with Crippen molar-refractivity contribution in [3.05, 3.63) is 64.1 Å². The van der Waals surface area contributed by atoms with E-state index in [0.29, 0.717) is 16.7 Å². The maximum atomic E-state index is 12.2. The number of H-pyrrole nitrogens is 1. The molecule has 0 saturated carbocycles. The summed E-state index contributed by atoms with van der Waals surface area (Å²) < 4.78 is 5.38. The van der Waals surface area contributed by atoms with Gasteiger partial charge in [-0.25, -0.2) is 4.79 Å². The first kappa shape index (κ1) is 13.1. The van der Waals surface area contributed by atoms with Gasteiger partial charge in [0.05, 0.1) is 12.1 Å². The Kier molecular flexibility index (Phi) is 3.27. The Balaban J connectivity index is 1.89. The van der Waals surface area contributed by atoms with Gasteiger partial charge in [-0.2, -0.15) is 4.98 Å². The van der Waals surface area contributed by atoms with Crippen molar-refractivity contribution >= 4 is 16.8 Å². The minimum atomic E-state index is -0.548. The summed E-state index contributed by atoms with van der Waals surface area (Å²) in [6.07, 6.45) is 0. The van der Waals surface area contributed by atoms with Gasteiger partial charge in [-0.3, -0.25) is 4.79 Å². The molecule has 2 heterocycles. The van der Waals surface area contributed by atoms with Gasteiger partial charge in [0.25, 0.3) is 5.91 Å². The van der Waals surface area contributed by atoms with E-state index in [0.717, 1.165) is 5.76 Å². The highest BCUT2D eigenvalue weighted by atomic mass is 16.3. The van der Waals surface area contributed by atoms with Crippen LogP contribution < -0.4 is 11.0 Å². The first-order valence-corrected chi connectivity index (χ1v) is 6.46. The second kappa shape index (κ2) is 5.24. The zero-order chi connectivity index (χ0) is 14.8. The van der Waals surface area contributed by atoms with Crippen molar-refractivity contribution in [1.29, 1.82) is 0 Å². The van der Waals surface area contributed by atoms with Crippen molar-refractivity contribution in [1.82, 2.24) is 15.3 Å². The standard InChI is InChI=1S/C15H13N3O3/c1-9-6-7-10(21-9)8-16-14(19)13-11-4-2-3-5-12(11)17-15(20)18-13/h2-7H,8H2,1H3,(H,16,19)(H,17,18,20). The zero-order valence-electron chi connectivity index (χ0n) is 11.3. The van der Waals surface area contributed by atoms with Crippen LogP contribution in [0.15, 0.2) is 45.6 Å². The van der Waals surface area contributed by atoms with E-state index >= 15 is 0 Å². The topological polar surface area (TPSA) is 88.0 Å². The number of nitrogens with zero attached hydrogens (tertiary/aromatic N) is 1. The van der Waals surface area contributed by atoms with Gasteiger partial charge < -0.3 is 14.7 Å². The van der Waals surface area contributed by atoms with Crippen LogP contribution >= 0.6 is 0 Å². The van der Waals surface area contributed by atoms with Crippen LogP contribution in [0.25, 0.3) is 10.9 Å². The monoisotopic (exact) mass is 283 g/mol. The number of carbonyl (C=O) groups excluding carboxylic acids is 1. The Morgan fingerprint density at radius 2 is 2.10 bits per heavy atom. The number of amides is 1. The SMILES string of the molecule is Cc1ccc(CNC(=O)c2nc(=O)[nH]c3ccccc23)o1. The molecule has 21 heavy (non-hydrogen) atoms. The quantitative estimate of drug-likeness (QED) is 0.766. The third kappa shape index (κ3) is 2.69. The molecule has 0 unspecified atom stereocenters. The van der Waals surface area contributed by atoms with E-state index in [9.17, 15) is 9.59 Å². The average Bonchev–Trinajstić information content (AvgIpc) is 2.89. The molecule has 0 aliphatic rings. The van der Waals surface area contributed by atoms with E-state index in [1.54, 1.807) is 30.3 Å². The summed E-state index contributed by atoms with van der Waals surface area (Å²) in [4.78, 5) is 30.1. The number of fused-ring (bicyclic) bond motifs is 1. The van der Waals surface area contributed by atoms with Gasteiger partial charge in [-0.1, -0.05) is 18.2 Å². The first-order valence-electron chi connectivity index (χ1n) is 6.46. The predicted molar refractivity (Wildman–Crippen MR) is 77.0 cm³/mol. The van der Waals surface area contributed by atoms with Crippen molar-refractivity contribution in [2.24, 2.45) is 0 Å². The molecule has 0 atom stereocenters. The van der Waals surface area contributed by atoms with Crippen LogP contribution in [0, 0.1) is 6.92 Å². The van der Waals surface area contributed by atoms with Crippen molar-refractivity contribution < 1.29 is 9.21 Å². The summed E-state index contributed by atoms with van der Waals surface area (Å²) in [5.74, 6) is 1.01. The normalized spacial score (nSPS) is 10.7. The minimum absolute atomic E-state index is 0.109. The van der Waals surface area contributed by atoms with E-state index in [1.807, 2.05) is 13.0 Å². The summed E-state index contributed by atoms with van der Waals surface area (Å²) in [6.45, 7) is 2.08. The lowest BCUT2D eigenvalue weighted by atomic mass is 10.2. The van der Waals surface area contributed by atoms with Crippen molar-refractivity contribution in [3.63, 3.8) is 0 Å². The number of nitrogens with one attached hydrogen (secondary N) is 2. The van der Waals surface area contributed by atoms with Crippen molar-refractivity contribution in [2.45, 2.75) is 13.5 Å². The highest BCUT2D eigenvalue weighted by molar-refractivity contribution is 6.03. The van der Waals surface area contributed by atoms with Crippen LogP contribution in [0.2, 0.25) is 0 Å². The first-order chi connectivity index (χ1) is 10.1. The van der Waals surface area contributed by atoms with Gasteiger partial charge in [0.2, 0.25) is 0 Å². The minimum Gasteiger partial charge on any atom is -0.465 e. The van der Waals surface area contributed by atoms with Crippen LogP contribution in [-0.4, -0.2) is 15.9 Å². The highest BCUT2D eigenvalue weighted by Crippen LogP contribution is 2.13. The van der Waals surface area contributed by atoms with Crippen LogP contribution in [0.4, 0.5) is 0 Å². The molecule has 106 valence electrons. The number of aryl methyl sites for hydroxylation is 1. The number of rotatable bonds is 3. The Bertz CT molecular complexity index is 864. The number of carbonyl (C=O) groups is 1. The number of para-hydroxylation sites is 1. The molecule has 2 aromatic heterocycles. The molecule has 1 amide bonds. The molecule has 2 N–H and O–H groups in total. The van der Waals surface area contributed by atoms with Gasteiger partial charge in [-0.05, 0) is 25.1 Å². The Morgan fingerprint density at radius 3 is 2.86 bits per heavy atom. The second-order valence-corrected chi connectivity index (χ2v) is 4.63. The van der Waals surface area contributed by atoms with Gasteiger partial charge >= 0.3 is 5.69 Å². The van der Waals surface area contributed by atoms with E-state index < -0.39 is 11.6 Å². The van der Waals surface area contributed by atoms with Crippen LogP contribution in [0.5, 0.6) is 0 Å². The number of hydrogen-bond acceptors (Lipinski definition) is 4. The maximum absolute atomic E-state index is 12.2. The van der Waals surface area contributed by atoms with E-state index in [4.69, 9.17) is 4.42 Å². The molecule has 0 saturated heterocycles. The molecule has 6 heteroatoms. The third-order valence-corrected chi connectivity index (χ3v) is 3.07. The molecule has 3 aromatic rings. The smallest absolute Gasteiger partial charge is 0.346 e. The molecular weight excluding hydrogens is 270 g/mol. The lowest BCUT2D eigenvalue weighted by Gasteiger charge is -2.05. The molecule has 0 spiro atoms. The lowest BCUT2D eigenvalue weighted by Crippen LogP contribution is -2.27. The summed E-state index contributed by atoms with van der Waals surface area (Å²) in [7, 11) is 0. The molecule has 0 bridgehead atoms. The number of aromatic nitrogens is 2. The molecule has 0 fully saturated rings. The van der Waals surface area contributed by atoms with Gasteiger partial charge in [-0.15, -0.1) is 0 Å². The Hall–Kier alpha value is -2.89. The van der Waals surface area contributed by atoms with Gasteiger partial charge in [0.15, 0.2) is 0 Å². The Labute approximate surface area is 119 Å². The molecular formula is C15H13N3O3. The largest absolute Gasteiger partial charge is 0.465 e. The predicted octanol–water partition coefficient (Wildman–Crippen LogP) is 1.75. The van der Waals surface area contributed by atoms with E-state index in [1.165, 1.54) is 0 Å². The number of aromatic amines is 1. The summed E-state index contributed by atoms with van der Waals surface area (Å²) >= 11 is 0.